The molecule has 1 saturated heterocycles. The number of benzene rings is 1. The molecule has 1 aliphatic rings. The Morgan fingerprint density at radius 1 is 1.53 bits per heavy atom. The molecule has 0 radical (unpaired) electrons. The van der Waals surface area contributed by atoms with E-state index in [1.807, 2.05) is 6.07 Å². The smallest absolute Gasteiger partial charge is 0.127 e. The molecule has 1 fully saturated rings. The summed E-state index contributed by atoms with van der Waals surface area (Å²) in [6.07, 6.45) is 0.997. The summed E-state index contributed by atoms with van der Waals surface area (Å²) in [6, 6.07) is 5.04. The largest absolute Gasteiger partial charge is 0.297 e. The van der Waals surface area contributed by atoms with Crippen molar-refractivity contribution in [3.8, 4) is 0 Å². The van der Waals surface area contributed by atoms with Crippen LogP contribution in [0.15, 0.2) is 22.7 Å². The molecule has 4 heteroatoms. The first-order chi connectivity index (χ1) is 7.15. The van der Waals surface area contributed by atoms with Gasteiger partial charge in [-0.1, -0.05) is 15.9 Å². The van der Waals surface area contributed by atoms with Crippen LogP contribution in [-0.4, -0.2) is 23.4 Å². The lowest BCUT2D eigenvalue weighted by Gasteiger charge is -2.15. The lowest BCUT2D eigenvalue weighted by Crippen LogP contribution is -2.20. The van der Waals surface area contributed by atoms with Crippen LogP contribution in [0.4, 0.5) is 4.39 Å². The normalized spacial score (nSPS) is 22.2. The summed E-state index contributed by atoms with van der Waals surface area (Å²) in [5, 5.41) is 0.222. The SMILES string of the molecule is Fc1ccc(Br)cc1CN1CCC(Cl)C1. The maximum absolute atomic E-state index is 13.4. The lowest BCUT2D eigenvalue weighted by atomic mass is 10.2. The van der Waals surface area contributed by atoms with Crippen LogP contribution in [0.5, 0.6) is 0 Å². The zero-order chi connectivity index (χ0) is 10.8. The van der Waals surface area contributed by atoms with Gasteiger partial charge in [-0.05, 0) is 31.2 Å². The molecule has 0 aromatic heterocycles. The Balaban J connectivity index is 2.07. The monoisotopic (exact) mass is 291 g/mol. The molecule has 0 bridgehead atoms. The van der Waals surface area contributed by atoms with Crippen LogP contribution in [-0.2, 0) is 6.54 Å². The van der Waals surface area contributed by atoms with Crippen LogP contribution >= 0.6 is 27.5 Å². The summed E-state index contributed by atoms with van der Waals surface area (Å²) in [5.41, 5.74) is 0.732. The highest BCUT2D eigenvalue weighted by atomic mass is 79.9. The fourth-order valence-electron chi connectivity index (χ4n) is 1.83. The van der Waals surface area contributed by atoms with E-state index in [-0.39, 0.29) is 11.2 Å². The van der Waals surface area contributed by atoms with Gasteiger partial charge in [-0.15, -0.1) is 11.6 Å². The van der Waals surface area contributed by atoms with E-state index >= 15 is 0 Å². The molecule has 1 aliphatic heterocycles. The lowest BCUT2D eigenvalue weighted by molar-refractivity contribution is 0.326. The van der Waals surface area contributed by atoms with E-state index in [2.05, 4.69) is 20.8 Å². The average Bonchev–Trinajstić information content (AvgIpc) is 2.58. The predicted molar refractivity (Wildman–Crippen MR) is 63.6 cm³/mol. The fourth-order valence-corrected chi connectivity index (χ4v) is 2.54. The number of likely N-dealkylation sites (tertiary alicyclic amines) is 1. The Morgan fingerprint density at radius 3 is 3.00 bits per heavy atom. The highest BCUT2D eigenvalue weighted by Gasteiger charge is 2.21. The van der Waals surface area contributed by atoms with Gasteiger partial charge >= 0.3 is 0 Å². The first kappa shape index (κ1) is 11.4. The van der Waals surface area contributed by atoms with Crippen LogP contribution in [0.1, 0.15) is 12.0 Å². The molecular weight excluding hydrogens is 280 g/mol. The third kappa shape index (κ3) is 2.92. The second kappa shape index (κ2) is 4.81. The Hall–Kier alpha value is -0.120. The number of rotatable bonds is 2. The molecule has 2 rings (SSSR count). The van der Waals surface area contributed by atoms with Gasteiger partial charge in [0, 0.05) is 28.5 Å². The van der Waals surface area contributed by atoms with E-state index in [0.717, 1.165) is 29.5 Å². The van der Waals surface area contributed by atoms with Crippen LogP contribution in [0.3, 0.4) is 0 Å². The Morgan fingerprint density at radius 2 is 2.33 bits per heavy atom. The van der Waals surface area contributed by atoms with E-state index in [1.165, 1.54) is 6.07 Å². The van der Waals surface area contributed by atoms with E-state index in [1.54, 1.807) is 6.07 Å². The van der Waals surface area contributed by atoms with Crippen molar-refractivity contribution in [3.63, 3.8) is 0 Å². The van der Waals surface area contributed by atoms with Gasteiger partial charge in [0.25, 0.3) is 0 Å². The third-order valence-corrected chi connectivity index (χ3v) is 3.47. The highest BCUT2D eigenvalue weighted by molar-refractivity contribution is 9.10. The standard InChI is InChI=1S/C11H12BrClFN/c12-9-1-2-11(14)8(5-9)6-15-4-3-10(13)7-15/h1-2,5,10H,3-4,6-7H2. The maximum atomic E-state index is 13.4. The van der Waals surface area contributed by atoms with E-state index in [4.69, 9.17) is 11.6 Å². The molecule has 15 heavy (non-hydrogen) atoms. The van der Waals surface area contributed by atoms with Gasteiger partial charge in [0.2, 0.25) is 0 Å². The molecule has 1 atom stereocenters. The molecule has 1 unspecified atom stereocenters. The van der Waals surface area contributed by atoms with Gasteiger partial charge in [0.15, 0.2) is 0 Å². The van der Waals surface area contributed by atoms with Gasteiger partial charge in [0.1, 0.15) is 5.82 Å². The van der Waals surface area contributed by atoms with Crippen molar-refractivity contribution in [3.05, 3.63) is 34.1 Å². The van der Waals surface area contributed by atoms with Crippen LogP contribution in [0.25, 0.3) is 0 Å². The Bertz CT molecular complexity index is 358. The molecule has 1 aromatic carbocycles. The second-order valence-electron chi connectivity index (χ2n) is 3.86. The van der Waals surface area contributed by atoms with Crippen molar-refractivity contribution in [1.29, 1.82) is 0 Å². The highest BCUT2D eigenvalue weighted by Crippen LogP contribution is 2.21. The average molecular weight is 293 g/mol. The Labute approximate surface area is 102 Å². The van der Waals surface area contributed by atoms with E-state index < -0.39 is 0 Å². The predicted octanol–water partition coefficient (Wildman–Crippen LogP) is 3.40. The topological polar surface area (TPSA) is 3.24 Å². The third-order valence-electron chi connectivity index (χ3n) is 2.62. The van der Waals surface area contributed by atoms with E-state index in [9.17, 15) is 4.39 Å². The quantitative estimate of drug-likeness (QED) is 0.755. The number of alkyl halides is 1. The summed E-state index contributed by atoms with van der Waals surface area (Å²) in [7, 11) is 0. The Kier molecular flexibility index (Phi) is 3.65. The number of halogens is 3. The number of nitrogens with zero attached hydrogens (tertiary/aromatic N) is 1. The van der Waals surface area contributed by atoms with Crippen molar-refractivity contribution in [2.75, 3.05) is 13.1 Å². The van der Waals surface area contributed by atoms with Crippen molar-refractivity contribution >= 4 is 27.5 Å². The first-order valence-electron chi connectivity index (χ1n) is 4.95. The minimum Gasteiger partial charge on any atom is -0.297 e. The van der Waals surface area contributed by atoms with Gasteiger partial charge in [-0.2, -0.15) is 0 Å². The summed E-state index contributed by atoms with van der Waals surface area (Å²) >= 11 is 9.35. The molecule has 0 saturated carbocycles. The molecule has 1 nitrogen and oxygen atoms in total. The van der Waals surface area contributed by atoms with Gasteiger partial charge in [0.05, 0.1) is 0 Å². The molecular formula is C11H12BrClFN. The van der Waals surface area contributed by atoms with Crippen molar-refractivity contribution in [2.45, 2.75) is 18.3 Å². The van der Waals surface area contributed by atoms with Crippen LogP contribution < -0.4 is 0 Å². The van der Waals surface area contributed by atoms with Gasteiger partial charge in [-0.25, -0.2) is 4.39 Å². The van der Waals surface area contributed by atoms with Crippen LogP contribution in [0.2, 0.25) is 0 Å². The van der Waals surface area contributed by atoms with Gasteiger partial charge in [-0.3, -0.25) is 4.90 Å². The molecule has 0 N–H and O–H groups in total. The second-order valence-corrected chi connectivity index (χ2v) is 5.39. The maximum Gasteiger partial charge on any atom is 0.127 e. The summed E-state index contributed by atoms with van der Waals surface area (Å²) in [6.45, 7) is 2.46. The molecule has 1 aromatic rings. The molecule has 1 heterocycles. The minimum absolute atomic E-state index is 0.142. The zero-order valence-corrected chi connectivity index (χ0v) is 10.6. The number of hydrogen-bond acceptors (Lipinski definition) is 1. The molecule has 82 valence electrons. The molecule has 0 spiro atoms. The fraction of sp³-hybridized carbons (Fsp3) is 0.455. The van der Waals surface area contributed by atoms with E-state index in [0.29, 0.717) is 6.54 Å². The summed E-state index contributed by atoms with van der Waals surface area (Å²) in [4.78, 5) is 2.18. The van der Waals surface area contributed by atoms with Crippen molar-refractivity contribution < 1.29 is 4.39 Å². The molecule has 0 amide bonds. The first-order valence-corrected chi connectivity index (χ1v) is 6.18. The van der Waals surface area contributed by atoms with Crippen molar-refractivity contribution in [2.24, 2.45) is 0 Å². The minimum atomic E-state index is -0.142. The summed E-state index contributed by atoms with van der Waals surface area (Å²) < 4.78 is 14.4. The van der Waals surface area contributed by atoms with Gasteiger partial charge < -0.3 is 0 Å². The van der Waals surface area contributed by atoms with Crippen molar-refractivity contribution in [1.82, 2.24) is 4.90 Å². The zero-order valence-electron chi connectivity index (χ0n) is 8.22. The number of hydrogen-bond donors (Lipinski definition) is 0. The molecule has 0 aliphatic carbocycles. The van der Waals surface area contributed by atoms with Crippen LogP contribution in [0, 0.1) is 5.82 Å². The summed E-state index contributed by atoms with van der Waals surface area (Å²) in [5.74, 6) is -0.142.